The van der Waals surface area contributed by atoms with E-state index in [2.05, 4.69) is 0 Å². The lowest BCUT2D eigenvalue weighted by atomic mass is 10.1. The first-order valence-electron chi connectivity index (χ1n) is 5.39. The third-order valence-corrected chi connectivity index (χ3v) is 2.11. The lowest BCUT2D eigenvalue weighted by molar-refractivity contribution is -0.155. The Morgan fingerprint density at radius 2 is 1.88 bits per heavy atom. The molecule has 0 fully saturated rings. The molecule has 0 N–H and O–H groups in total. The predicted octanol–water partition coefficient (Wildman–Crippen LogP) is 2.57. The monoisotopic (exact) mass is 222 g/mol. The van der Waals surface area contributed by atoms with Crippen LogP contribution in [0.3, 0.4) is 0 Å². The highest BCUT2D eigenvalue weighted by Crippen LogP contribution is 2.19. The van der Waals surface area contributed by atoms with Gasteiger partial charge in [0.15, 0.2) is 6.10 Å². The van der Waals surface area contributed by atoms with Crippen LogP contribution in [0.2, 0.25) is 0 Å². The van der Waals surface area contributed by atoms with Gasteiger partial charge in [0, 0.05) is 0 Å². The molecule has 1 aromatic carbocycles. The smallest absolute Gasteiger partial charge is 0.339 e. The molecule has 0 amide bonds. The van der Waals surface area contributed by atoms with Crippen LogP contribution < -0.4 is 0 Å². The van der Waals surface area contributed by atoms with Crippen LogP contribution in [0, 0.1) is 5.92 Å². The van der Waals surface area contributed by atoms with Crippen molar-refractivity contribution >= 4 is 5.97 Å². The number of esters is 1. The maximum Gasteiger partial charge on any atom is 0.339 e. The number of methoxy groups -OCH3 is 1. The van der Waals surface area contributed by atoms with E-state index in [1.807, 2.05) is 44.2 Å². The van der Waals surface area contributed by atoms with Gasteiger partial charge < -0.3 is 9.47 Å². The van der Waals surface area contributed by atoms with Crippen molar-refractivity contribution in [3.63, 3.8) is 0 Å². The van der Waals surface area contributed by atoms with Crippen molar-refractivity contribution in [1.82, 2.24) is 0 Å². The van der Waals surface area contributed by atoms with Crippen molar-refractivity contribution in [2.24, 2.45) is 5.92 Å². The molecule has 0 aliphatic carbocycles. The molecule has 0 radical (unpaired) electrons. The fraction of sp³-hybridized carbons (Fsp3) is 0.462. The predicted molar refractivity (Wildman–Crippen MR) is 62.0 cm³/mol. The second-order valence-corrected chi connectivity index (χ2v) is 4.04. The van der Waals surface area contributed by atoms with Crippen LogP contribution in [0.5, 0.6) is 0 Å². The van der Waals surface area contributed by atoms with Crippen molar-refractivity contribution in [2.75, 3.05) is 13.7 Å². The van der Waals surface area contributed by atoms with Gasteiger partial charge in [-0.05, 0) is 11.5 Å². The molecule has 3 nitrogen and oxygen atoms in total. The summed E-state index contributed by atoms with van der Waals surface area (Å²) < 4.78 is 10.3. The van der Waals surface area contributed by atoms with Gasteiger partial charge in [0.25, 0.3) is 0 Å². The summed E-state index contributed by atoms with van der Waals surface area (Å²) in [4.78, 5) is 11.6. The molecule has 0 aliphatic rings. The Morgan fingerprint density at radius 1 is 1.25 bits per heavy atom. The van der Waals surface area contributed by atoms with Gasteiger partial charge in [-0.25, -0.2) is 4.79 Å². The number of rotatable bonds is 5. The lowest BCUT2D eigenvalue weighted by Crippen LogP contribution is -2.19. The van der Waals surface area contributed by atoms with E-state index in [1.54, 1.807) is 0 Å². The normalized spacial score (nSPS) is 12.5. The van der Waals surface area contributed by atoms with E-state index in [0.29, 0.717) is 12.5 Å². The molecule has 1 atom stereocenters. The Bertz CT molecular complexity index is 319. The number of ether oxygens (including phenoxy) is 2. The van der Waals surface area contributed by atoms with Crippen LogP contribution in [0.1, 0.15) is 25.5 Å². The molecule has 3 heteroatoms. The summed E-state index contributed by atoms with van der Waals surface area (Å²) in [5.74, 6) is 0.0303. The Hall–Kier alpha value is -1.35. The van der Waals surface area contributed by atoms with Gasteiger partial charge >= 0.3 is 5.97 Å². The topological polar surface area (TPSA) is 35.5 Å². The second-order valence-electron chi connectivity index (χ2n) is 4.04. The molecule has 0 unspecified atom stereocenters. The zero-order valence-electron chi connectivity index (χ0n) is 9.97. The van der Waals surface area contributed by atoms with E-state index >= 15 is 0 Å². The third kappa shape index (κ3) is 3.66. The van der Waals surface area contributed by atoms with Crippen molar-refractivity contribution < 1.29 is 14.3 Å². The van der Waals surface area contributed by atoms with Gasteiger partial charge in [0.1, 0.15) is 0 Å². The Morgan fingerprint density at radius 3 is 2.38 bits per heavy atom. The van der Waals surface area contributed by atoms with E-state index in [4.69, 9.17) is 9.47 Å². The summed E-state index contributed by atoms with van der Waals surface area (Å²) in [7, 11) is 1.37. The molecule has 88 valence electrons. The molecule has 0 aromatic heterocycles. The molecule has 0 heterocycles. The quantitative estimate of drug-likeness (QED) is 0.718. The van der Waals surface area contributed by atoms with E-state index in [-0.39, 0.29) is 5.97 Å². The maximum atomic E-state index is 11.6. The van der Waals surface area contributed by atoms with Gasteiger partial charge in [0.2, 0.25) is 0 Å². The lowest BCUT2D eigenvalue weighted by Gasteiger charge is -2.17. The standard InChI is InChI=1S/C13H18O3/c1-10(2)9-16-12(13(14)15-3)11-7-5-4-6-8-11/h4-8,10,12H,9H2,1-3H3/t12-/m1/s1. The van der Waals surface area contributed by atoms with Crippen LogP contribution in [-0.2, 0) is 14.3 Å². The van der Waals surface area contributed by atoms with Gasteiger partial charge in [-0.2, -0.15) is 0 Å². The first kappa shape index (κ1) is 12.7. The highest BCUT2D eigenvalue weighted by Gasteiger charge is 2.21. The first-order chi connectivity index (χ1) is 7.65. The highest BCUT2D eigenvalue weighted by atomic mass is 16.6. The first-order valence-corrected chi connectivity index (χ1v) is 5.39. The van der Waals surface area contributed by atoms with E-state index in [0.717, 1.165) is 5.56 Å². The molecule has 0 saturated carbocycles. The van der Waals surface area contributed by atoms with Crippen molar-refractivity contribution in [3.05, 3.63) is 35.9 Å². The second kappa shape index (κ2) is 6.28. The minimum absolute atomic E-state index is 0.355. The van der Waals surface area contributed by atoms with E-state index in [1.165, 1.54) is 7.11 Å². The minimum Gasteiger partial charge on any atom is -0.467 e. The van der Waals surface area contributed by atoms with Gasteiger partial charge in [-0.15, -0.1) is 0 Å². The van der Waals surface area contributed by atoms with Crippen LogP contribution in [-0.4, -0.2) is 19.7 Å². The Kier molecular flexibility index (Phi) is 4.99. The van der Waals surface area contributed by atoms with E-state index < -0.39 is 6.10 Å². The van der Waals surface area contributed by atoms with Crippen LogP contribution in [0.25, 0.3) is 0 Å². The van der Waals surface area contributed by atoms with Crippen molar-refractivity contribution in [1.29, 1.82) is 0 Å². The molecule has 0 bridgehead atoms. The number of benzene rings is 1. The summed E-state index contributed by atoms with van der Waals surface area (Å²) in [6.07, 6.45) is -0.617. The molecule has 0 aliphatic heterocycles. The highest BCUT2D eigenvalue weighted by molar-refractivity contribution is 5.76. The minimum atomic E-state index is -0.617. The molecule has 1 aromatic rings. The average molecular weight is 222 g/mol. The molecule has 1 rings (SSSR count). The molecule has 0 spiro atoms. The van der Waals surface area contributed by atoms with Crippen LogP contribution in [0.15, 0.2) is 30.3 Å². The zero-order valence-corrected chi connectivity index (χ0v) is 9.97. The summed E-state index contributed by atoms with van der Waals surface area (Å²) >= 11 is 0. The molecular weight excluding hydrogens is 204 g/mol. The largest absolute Gasteiger partial charge is 0.467 e. The Labute approximate surface area is 96.4 Å². The summed E-state index contributed by atoms with van der Waals surface area (Å²) in [5, 5.41) is 0. The van der Waals surface area contributed by atoms with E-state index in [9.17, 15) is 4.79 Å². The number of hydrogen-bond donors (Lipinski definition) is 0. The molecule has 16 heavy (non-hydrogen) atoms. The summed E-state index contributed by atoms with van der Waals surface area (Å²) in [6, 6.07) is 9.39. The SMILES string of the molecule is COC(=O)[C@H](OCC(C)C)c1ccccc1. The van der Waals surface area contributed by atoms with Gasteiger partial charge in [-0.1, -0.05) is 44.2 Å². The number of carbonyl (C=O) groups is 1. The number of carbonyl (C=O) groups excluding carboxylic acids is 1. The average Bonchev–Trinajstić information content (AvgIpc) is 2.30. The zero-order chi connectivity index (χ0) is 12.0. The fourth-order valence-electron chi connectivity index (χ4n) is 1.32. The van der Waals surface area contributed by atoms with Gasteiger partial charge in [0.05, 0.1) is 13.7 Å². The number of hydrogen-bond acceptors (Lipinski definition) is 3. The maximum absolute atomic E-state index is 11.6. The van der Waals surface area contributed by atoms with Crippen LogP contribution >= 0.6 is 0 Å². The van der Waals surface area contributed by atoms with Gasteiger partial charge in [-0.3, -0.25) is 0 Å². The Balaban J connectivity index is 2.76. The fourth-order valence-corrected chi connectivity index (χ4v) is 1.32. The summed E-state index contributed by atoms with van der Waals surface area (Å²) in [6.45, 7) is 4.62. The molecule has 0 saturated heterocycles. The summed E-state index contributed by atoms with van der Waals surface area (Å²) in [5.41, 5.74) is 0.829. The molecular formula is C13H18O3. The van der Waals surface area contributed by atoms with Crippen molar-refractivity contribution in [2.45, 2.75) is 20.0 Å². The third-order valence-electron chi connectivity index (χ3n) is 2.11. The van der Waals surface area contributed by atoms with Crippen LogP contribution in [0.4, 0.5) is 0 Å². The van der Waals surface area contributed by atoms with Crippen molar-refractivity contribution in [3.8, 4) is 0 Å².